The Bertz CT molecular complexity index is 689. The number of nitrogens with one attached hydrogen (secondary N) is 1. The van der Waals surface area contributed by atoms with Crippen molar-refractivity contribution in [1.29, 1.82) is 0 Å². The maximum atomic E-state index is 10.0. The zero-order valence-electron chi connectivity index (χ0n) is 16.9. The molecule has 0 amide bonds. The second-order valence-electron chi connectivity index (χ2n) is 8.17. The Labute approximate surface area is 163 Å². The third-order valence-electron chi connectivity index (χ3n) is 5.73. The molecule has 1 fully saturated rings. The molecule has 0 radical (unpaired) electrons. The monoisotopic (exact) mass is 371 g/mol. The molecule has 0 bridgehead atoms. The van der Waals surface area contributed by atoms with Gasteiger partial charge in [-0.05, 0) is 49.6 Å². The van der Waals surface area contributed by atoms with Crippen LogP contribution in [0.5, 0.6) is 5.75 Å². The standard InChI is InChI=1S/C23H34N2O2/c1-19(26)15-24(16-20-8-4-3-5-9-20)18-22-11-7-13-25(22)17-21-10-6-12-23(14-21)27-2/h6-7,10-14,19-20,26H,3-5,8-9,15-18H2,1-2H3/p+1/t19-/m0/s1. The van der Waals surface area contributed by atoms with E-state index in [9.17, 15) is 5.11 Å². The van der Waals surface area contributed by atoms with E-state index < -0.39 is 0 Å². The van der Waals surface area contributed by atoms with Crippen molar-refractivity contribution in [2.45, 2.75) is 58.2 Å². The first-order valence-electron chi connectivity index (χ1n) is 10.4. The van der Waals surface area contributed by atoms with E-state index in [4.69, 9.17) is 4.74 Å². The van der Waals surface area contributed by atoms with Gasteiger partial charge >= 0.3 is 0 Å². The summed E-state index contributed by atoms with van der Waals surface area (Å²) < 4.78 is 7.69. The van der Waals surface area contributed by atoms with Gasteiger partial charge in [0.2, 0.25) is 0 Å². The van der Waals surface area contributed by atoms with Gasteiger partial charge in [-0.2, -0.15) is 0 Å². The summed E-state index contributed by atoms with van der Waals surface area (Å²) in [7, 11) is 1.71. The molecule has 1 heterocycles. The van der Waals surface area contributed by atoms with Crippen molar-refractivity contribution in [2.75, 3.05) is 20.2 Å². The molecule has 0 saturated heterocycles. The van der Waals surface area contributed by atoms with E-state index in [2.05, 4.69) is 35.0 Å². The van der Waals surface area contributed by atoms with Crippen molar-refractivity contribution in [3.05, 3.63) is 53.9 Å². The maximum absolute atomic E-state index is 10.0. The second-order valence-corrected chi connectivity index (χ2v) is 8.17. The number of benzene rings is 1. The highest BCUT2D eigenvalue weighted by Gasteiger charge is 2.22. The Morgan fingerprint density at radius 2 is 2.00 bits per heavy atom. The minimum atomic E-state index is -0.259. The average molecular weight is 372 g/mol. The van der Waals surface area contributed by atoms with Crippen molar-refractivity contribution in [3.63, 3.8) is 0 Å². The summed E-state index contributed by atoms with van der Waals surface area (Å²) in [5.41, 5.74) is 2.58. The van der Waals surface area contributed by atoms with E-state index in [-0.39, 0.29) is 6.10 Å². The predicted molar refractivity (Wildman–Crippen MR) is 109 cm³/mol. The molecule has 2 N–H and O–H groups in total. The van der Waals surface area contributed by atoms with Crippen LogP contribution in [-0.4, -0.2) is 36.0 Å². The Morgan fingerprint density at radius 1 is 1.19 bits per heavy atom. The first kappa shape index (κ1) is 20.0. The van der Waals surface area contributed by atoms with Gasteiger partial charge in [0.1, 0.15) is 24.9 Å². The van der Waals surface area contributed by atoms with Gasteiger partial charge < -0.3 is 19.3 Å². The van der Waals surface area contributed by atoms with Crippen LogP contribution in [0.4, 0.5) is 0 Å². The highest BCUT2D eigenvalue weighted by atomic mass is 16.5. The maximum Gasteiger partial charge on any atom is 0.119 e. The summed E-state index contributed by atoms with van der Waals surface area (Å²) in [6.45, 7) is 5.73. The summed E-state index contributed by atoms with van der Waals surface area (Å²) in [4.78, 5) is 1.50. The van der Waals surface area contributed by atoms with E-state index >= 15 is 0 Å². The molecule has 27 heavy (non-hydrogen) atoms. The SMILES string of the molecule is COc1cccc(Cn2cccc2C[NH+](CC2CCCCC2)C[C@H](C)O)c1. The van der Waals surface area contributed by atoms with Crippen LogP contribution in [0, 0.1) is 5.92 Å². The lowest BCUT2D eigenvalue weighted by molar-refractivity contribution is -0.920. The molecule has 2 atom stereocenters. The Hall–Kier alpha value is -1.78. The summed E-state index contributed by atoms with van der Waals surface area (Å²) in [6, 6.07) is 12.6. The lowest BCUT2D eigenvalue weighted by Crippen LogP contribution is -3.12. The summed E-state index contributed by atoms with van der Waals surface area (Å²) in [5.74, 6) is 1.72. The first-order valence-corrected chi connectivity index (χ1v) is 10.4. The first-order chi connectivity index (χ1) is 13.1. The lowest BCUT2D eigenvalue weighted by atomic mass is 9.89. The predicted octanol–water partition coefficient (Wildman–Crippen LogP) is 2.89. The Morgan fingerprint density at radius 3 is 2.74 bits per heavy atom. The quantitative estimate of drug-likeness (QED) is 0.711. The van der Waals surface area contributed by atoms with E-state index in [0.717, 1.165) is 31.3 Å². The van der Waals surface area contributed by atoms with Gasteiger partial charge in [-0.3, -0.25) is 0 Å². The zero-order chi connectivity index (χ0) is 19.1. The molecule has 1 aliphatic carbocycles. The van der Waals surface area contributed by atoms with Gasteiger partial charge in [0.15, 0.2) is 0 Å². The largest absolute Gasteiger partial charge is 0.497 e. The van der Waals surface area contributed by atoms with E-state index in [1.807, 2.05) is 19.1 Å². The van der Waals surface area contributed by atoms with E-state index in [1.165, 1.54) is 54.8 Å². The highest BCUT2D eigenvalue weighted by molar-refractivity contribution is 5.29. The van der Waals surface area contributed by atoms with Crippen LogP contribution in [0.2, 0.25) is 0 Å². The number of aliphatic hydroxyl groups excluding tert-OH is 1. The van der Waals surface area contributed by atoms with Crippen LogP contribution in [0.15, 0.2) is 42.6 Å². The van der Waals surface area contributed by atoms with Crippen molar-refractivity contribution in [2.24, 2.45) is 5.92 Å². The molecule has 1 aliphatic rings. The van der Waals surface area contributed by atoms with Gasteiger partial charge in [-0.1, -0.05) is 31.4 Å². The molecule has 2 aromatic rings. The van der Waals surface area contributed by atoms with Crippen LogP contribution < -0.4 is 9.64 Å². The summed E-state index contributed by atoms with van der Waals surface area (Å²) >= 11 is 0. The normalized spacial score (nSPS) is 17.6. The van der Waals surface area contributed by atoms with Gasteiger partial charge in [0, 0.05) is 18.7 Å². The third kappa shape index (κ3) is 6.12. The number of rotatable bonds is 9. The third-order valence-corrected chi connectivity index (χ3v) is 5.73. The van der Waals surface area contributed by atoms with Crippen molar-refractivity contribution in [3.8, 4) is 5.75 Å². The Balaban J connectivity index is 1.67. The van der Waals surface area contributed by atoms with E-state index in [0.29, 0.717) is 0 Å². The van der Waals surface area contributed by atoms with Gasteiger partial charge in [0.25, 0.3) is 0 Å². The van der Waals surface area contributed by atoms with Crippen LogP contribution in [0.25, 0.3) is 0 Å². The summed E-state index contributed by atoms with van der Waals surface area (Å²) in [5, 5.41) is 10.0. The van der Waals surface area contributed by atoms with E-state index in [1.54, 1.807) is 7.11 Å². The number of aromatic nitrogens is 1. The fraction of sp³-hybridized carbons (Fsp3) is 0.565. The van der Waals surface area contributed by atoms with Crippen LogP contribution in [0.3, 0.4) is 0 Å². The van der Waals surface area contributed by atoms with Gasteiger partial charge in [0.05, 0.1) is 19.3 Å². The lowest BCUT2D eigenvalue weighted by Gasteiger charge is -2.28. The average Bonchev–Trinajstić information content (AvgIpc) is 3.09. The van der Waals surface area contributed by atoms with Crippen molar-refractivity contribution >= 4 is 0 Å². The number of methoxy groups -OCH3 is 1. The van der Waals surface area contributed by atoms with Gasteiger partial charge in [-0.25, -0.2) is 0 Å². The number of hydrogen-bond donors (Lipinski definition) is 2. The smallest absolute Gasteiger partial charge is 0.119 e. The highest BCUT2D eigenvalue weighted by Crippen LogP contribution is 2.22. The molecule has 4 heteroatoms. The molecule has 1 aromatic heterocycles. The molecule has 4 nitrogen and oxygen atoms in total. The number of quaternary nitrogens is 1. The molecule has 1 aromatic carbocycles. The summed E-state index contributed by atoms with van der Waals surface area (Å²) in [6.07, 6.45) is 8.76. The molecule has 1 unspecified atom stereocenters. The second kappa shape index (κ2) is 9.95. The van der Waals surface area contributed by atoms with Crippen molar-refractivity contribution < 1.29 is 14.7 Å². The minimum absolute atomic E-state index is 0.259. The molecular weight excluding hydrogens is 336 g/mol. The number of aliphatic hydroxyl groups is 1. The van der Waals surface area contributed by atoms with Gasteiger partial charge in [-0.15, -0.1) is 0 Å². The van der Waals surface area contributed by atoms with Crippen LogP contribution >= 0.6 is 0 Å². The molecule has 0 spiro atoms. The fourth-order valence-electron chi connectivity index (χ4n) is 4.43. The van der Waals surface area contributed by atoms with Crippen LogP contribution in [-0.2, 0) is 13.1 Å². The molecule has 1 saturated carbocycles. The number of hydrogen-bond acceptors (Lipinski definition) is 2. The molecular formula is C23H35N2O2+. The molecule has 0 aliphatic heterocycles. The fourth-order valence-corrected chi connectivity index (χ4v) is 4.43. The minimum Gasteiger partial charge on any atom is -0.497 e. The van der Waals surface area contributed by atoms with Crippen molar-refractivity contribution in [1.82, 2.24) is 4.57 Å². The number of ether oxygens (including phenoxy) is 1. The topological polar surface area (TPSA) is 38.8 Å². The Kier molecular flexibility index (Phi) is 7.36. The zero-order valence-corrected chi connectivity index (χ0v) is 16.9. The molecule has 3 rings (SSSR count). The van der Waals surface area contributed by atoms with Crippen LogP contribution in [0.1, 0.15) is 50.3 Å². The molecule has 148 valence electrons. The number of nitrogens with zero attached hydrogens (tertiary/aromatic N) is 1.